The number of rotatable bonds is 7. The van der Waals surface area contributed by atoms with Gasteiger partial charge in [0, 0.05) is 19.5 Å². The van der Waals surface area contributed by atoms with Gasteiger partial charge in [0.05, 0.1) is 5.56 Å². The molecule has 1 aliphatic heterocycles. The zero-order valence-electron chi connectivity index (χ0n) is 15.0. The van der Waals surface area contributed by atoms with Crippen molar-refractivity contribution in [2.75, 3.05) is 20.1 Å². The van der Waals surface area contributed by atoms with E-state index in [0.717, 1.165) is 25.1 Å². The van der Waals surface area contributed by atoms with Crippen LogP contribution >= 0.6 is 0 Å². The first-order valence-corrected chi connectivity index (χ1v) is 8.92. The van der Waals surface area contributed by atoms with Crippen molar-refractivity contribution >= 4 is 11.9 Å². The first kappa shape index (κ1) is 18.1. The van der Waals surface area contributed by atoms with Gasteiger partial charge in [-0.05, 0) is 37.2 Å². The smallest absolute Gasteiger partial charge is 0.339 e. The number of carbonyl (C=O) groups is 2. The van der Waals surface area contributed by atoms with Gasteiger partial charge in [-0.3, -0.25) is 4.79 Å². The second-order valence-corrected chi connectivity index (χ2v) is 6.62. The van der Waals surface area contributed by atoms with E-state index in [1.807, 2.05) is 30.3 Å². The molecule has 1 atom stereocenters. The molecule has 1 unspecified atom stereocenters. The number of nitrogens with one attached hydrogen (secondary N) is 1. The average Bonchev–Trinajstić information content (AvgIpc) is 2.66. The molecule has 0 fully saturated rings. The predicted octanol–water partition coefficient (Wildman–Crippen LogP) is 2.41. The molecule has 0 bridgehead atoms. The molecule has 136 valence electrons. The quantitative estimate of drug-likeness (QED) is 0.614. The Kier molecular flexibility index (Phi) is 6.02. The van der Waals surface area contributed by atoms with Crippen molar-refractivity contribution in [3.05, 3.63) is 71.3 Å². The van der Waals surface area contributed by atoms with E-state index in [9.17, 15) is 9.59 Å². The fourth-order valence-electron chi connectivity index (χ4n) is 3.13. The van der Waals surface area contributed by atoms with Crippen LogP contribution in [0.5, 0.6) is 0 Å². The van der Waals surface area contributed by atoms with Crippen LogP contribution in [-0.2, 0) is 22.5 Å². The van der Waals surface area contributed by atoms with Crippen molar-refractivity contribution in [2.45, 2.75) is 25.5 Å². The number of hydrogen-bond acceptors (Lipinski definition) is 4. The number of nitrogens with zero attached hydrogens (tertiary/aromatic N) is 1. The van der Waals surface area contributed by atoms with Crippen molar-refractivity contribution in [2.24, 2.45) is 0 Å². The van der Waals surface area contributed by atoms with E-state index < -0.39 is 12.1 Å². The summed E-state index contributed by atoms with van der Waals surface area (Å²) in [5.74, 6) is -0.645. The number of ether oxygens (including phenoxy) is 1. The maximum Gasteiger partial charge on any atom is 0.339 e. The zero-order chi connectivity index (χ0) is 18.4. The third-order valence-corrected chi connectivity index (χ3v) is 4.50. The summed E-state index contributed by atoms with van der Waals surface area (Å²) >= 11 is 0. The maximum atomic E-state index is 12.3. The van der Waals surface area contributed by atoms with Crippen LogP contribution in [0.4, 0.5) is 0 Å². The molecule has 1 N–H and O–H groups in total. The lowest BCUT2D eigenvalue weighted by Gasteiger charge is -2.24. The summed E-state index contributed by atoms with van der Waals surface area (Å²) in [5.41, 5.74) is 2.69. The number of esters is 1. The van der Waals surface area contributed by atoms with E-state index in [0.29, 0.717) is 18.5 Å². The van der Waals surface area contributed by atoms with Gasteiger partial charge in [0.1, 0.15) is 0 Å². The summed E-state index contributed by atoms with van der Waals surface area (Å²) in [6.07, 6.45) is 0.535. The van der Waals surface area contributed by atoms with Crippen LogP contribution in [0.15, 0.2) is 54.6 Å². The summed E-state index contributed by atoms with van der Waals surface area (Å²) in [5, 5.41) is 2.88. The summed E-state index contributed by atoms with van der Waals surface area (Å²) in [6, 6.07) is 17.6. The molecule has 2 aromatic carbocycles. The van der Waals surface area contributed by atoms with Gasteiger partial charge in [-0.2, -0.15) is 0 Å². The maximum absolute atomic E-state index is 12.3. The number of benzene rings is 2. The lowest BCUT2D eigenvalue weighted by atomic mass is 9.98. The molecule has 3 rings (SSSR count). The molecule has 5 nitrogen and oxygen atoms in total. The van der Waals surface area contributed by atoms with Gasteiger partial charge in [0.25, 0.3) is 5.91 Å². The molecule has 0 saturated carbocycles. The number of carbonyl (C=O) groups excluding carboxylic acids is 2. The Labute approximate surface area is 154 Å². The molecule has 0 aromatic heterocycles. The number of cyclic esters (lactones) is 1. The van der Waals surface area contributed by atoms with Crippen LogP contribution in [-0.4, -0.2) is 43.0 Å². The van der Waals surface area contributed by atoms with Crippen LogP contribution in [0.1, 0.15) is 27.9 Å². The summed E-state index contributed by atoms with van der Waals surface area (Å²) in [7, 11) is 2.06. The van der Waals surface area contributed by atoms with Crippen molar-refractivity contribution in [1.82, 2.24) is 10.2 Å². The molecule has 26 heavy (non-hydrogen) atoms. The molecule has 1 amide bonds. The van der Waals surface area contributed by atoms with Gasteiger partial charge in [-0.15, -0.1) is 0 Å². The molecular formula is C21H24N2O3. The van der Waals surface area contributed by atoms with Gasteiger partial charge in [-0.1, -0.05) is 48.5 Å². The molecule has 1 heterocycles. The van der Waals surface area contributed by atoms with Gasteiger partial charge < -0.3 is 15.0 Å². The largest absolute Gasteiger partial charge is 0.448 e. The van der Waals surface area contributed by atoms with E-state index in [-0.39, 0.29) is 5.91 Å². The Morgan fingerprint density at radius 2 is 1.88 bits per heavy atom. The van der Waals surface area contributed by atoms with E-state index in [4.69, 9.17) is 4.74 Å². The highest BCUT2D eigenvalue weighted by Gasteiger charge is 2.30. The minimum absolute atomic E-state index is 0.224. The highest BCUT2D eigenvalue weighted by atomic mass is 16.5. The third-order valence-electron chi connectivity index (χ3n) is 4.50. The van der Waals surface area contributed by atoms with Gasteiger partial charge >= 0.3 is 5.97 Å². The lowest BCUT2D eigenvalue weighted by molar-refractivity contribution is -0.130. The topological polar surface area (TPSA) is 58.6 Å². The molecule has 0 saturated heterocycles. The Balaban J connectivity index is 1.40. The van der Waals surface area contributed by atoms with Gasteiger partial charge in [0.15, 0.2) is 6.10 Å². The second-order valence-electron chi connectivity index (χ2n) is 6.62. The van der Waals surface area contributed by atoms with Crippen LogP contribution in [0.25, 0.3) is 0 Å². The van der Waals surface area contributed by atoms with Crippen LogP contribution in [0, 0.1) is 0 Å². The second kappa shape index (κ2) is 8.63. The lowest BCUT2D eigenvalue weighted by Crippen LogP contribution is -2.42. The number of fused-ring (bicyclic) bond motifs is 1. The highest BCUT2D eigenvalue weighted by molar-refractivity contribution is 5.95. The summed E-state index contributed by atoms with van der Waals surface area (Å²) in [4.78, 5) is 26.5. The standard InChI is InChI=1S/C21H24N2O3/c1-23(15-16-8-3-2-4-9-16)13-7-12-22-20(24)19-14-17-10-5-6-11-18(17)21(25)26-19/h2-6,8-11,19H,7,12-15H2,1H3,(H,22,24). The summed E-state index contributed by atoms with van der Waals surface area (Å²) < 4.78 is 5.27. The Bertz CT molecular complexity index is 761. The summed E-state index contributed by atoms with van der Waals surface area (Å²) in [6.45, 7) is 2.32. The Morgan fingerprint density at radius 3 is 2.69 bits per heavy atom. The van der Waals surface area contributed by atoms with Crippen LogP contribution in [0.2, 0.25) is 0 Å². The molecule has 1 aliphatic rings. The SMILES string of the molecule is CN(CCCNC(=O)C1Cc2ccccc2C(=O)O1)Cc1ccccc1. The third kappa shape index (κ3) is 4.70. The molecule has 5 heteroatoms. The molecule has 0 aliphatic carbocycles. The molecule has 0 spiro atoms. The van der Waals surface area contributed by atoms with Crippen molar-refractivity contribution in [3.8, 4) is 0 Å². The first-order chi connectivity index (χ1) is 12.6. The van der Waals surface area contributed by atoms with E-state index >= 15 is 0 Å². The molecular weight excluding hydrogens is 328 g/mol. The van der Waals surface area contributed by atoms with Gasteiger partial charge in [-0.25, -0.2) is 4.79 Å². The van der Waals surface area contributed by atoms with Gasteiger partial charge in [0.2, 0.25) is 0 Å². The highest BCUT2D eigenvalue weighted by Crippen LogP contribution is 2.20. The normalized spacial score (nSPS) is 16.1. The first-order valence-electron chi connectivity index (χ1n) is 8.92. The van der Waals surface area contributed by atoms with Crippen molar-refractivity contribution < 1.29 is 14.3 Å². The predicted molar refractivity (Wildman–Crippen MR) is 99.8 cm³/mol. The van der Waals surface area contributed by atoms with E-state index in [1.54, 1.807) is 12.1 Å². The number of hydrogen-bond donors (Lipinski definition) is 1. The molecule has 2 aromatic rings. The minimum atomic E-state index is -0.737. The monoisotopic (exact) mass is 352 g/mol. The fourth-order valence-corrected chi connectivity index (χ4v) is 3.13. The number of amides is 1. The van der Waals surface area contributed by atoms with E-state index in [1.165, 1.54) is 5.56 Å². The Hall–Kier alpha value is -2.66. The Morgan fingerprint density at radius 1 is 1.15 bits per heavy atom. The molecule has 0 radical (unpaired) electrons. The average molecular weight is 352 g/mol. The van der Waals surface area contributed by atoms with Crippen molar-refractivity contribution in [3.63, 3.8) is 0 Å². The van der Waals surface area contributed by atoms with Crippen LogP contribution in [0.3, 0.4) is 0 Å². The minimum Gasteiger partial charge on any atom is -0.448 e. The van der Waals surface area contributed by atoms with E-state index in [2.05, 4.69) is 29.4 Å². The fraction of sp³-hybridized carbons (Fsp3) is 0.333. The zero-order valence-corrected chi connectivity index (χ0v) is 15.0. The van der Waals surface area contributed by atoms with Crippen molar-refractivity contribution in [1.29, 1.82) is 0 Å². The van der Waals surface area contributed by atoms with Crippen LogP contribution < -0.4 is 5.32 Å².